The molecule has 0 aliphatic heterocycles. The summed E-state index contributed by atoms with van der Waals surface area (Å²) in [5, 5.41) is 7.05. The second kappa shape index (κ2) is 11.0. The number of hydrogen-bond donors (Lipinski definition) is 2. The molecular weight excluding hydrogens is 408 g/mol. The van der Waals surface area contributed by atoms with E-state index in [0.29, 0.717) is 17.4 Å². The Morgan fingerprint density at radius 2 is 1.67 bits per heavy atom. The van der Waals surface area contributed by atoms with Crippen LogP contribution in [-0.4, -0.2) is 15.9 Å². The first-order valence-corrected chi connectivity index (χ1v) is 12.0. The van der Waals surface area contributed by atoms with Gasteiger partial charge in [-0.05, 0) is 73.4 Å². The summed E-state index contributed by atoms with van der Waals surface area (Å²) in [4.78, 5) is 20.6. The van der Waals surface area contributed by atoms with Gasteiger partial charge in [0.1, 0.15) is 12.1 Å². The molecule has 1 unspecified atom stereocenters. The van der Waals surface area contributed by atoms with Crippen LogP contribution in [0.4, 0.5) is 17.2 Å². The SMILES string of the molecule is CC#CC(=O)Nc1ccc2ncnc(Nc3ccc(C(C)C4CCCCCCC4)cc3)c2c1. The molecule has 2 N–H and O–H groups in total. The molecule has 1 saturated carbocycles. The summed E-state index contributed by atoms with van der Waals surface area (Å²) in [6, 6.07) is 14.3. The number of hydrogen-bond acceptors (Lipinski definition) is 4. The number of nitrogens with zero attached hydrogens (tertiary/aromatic N) is 2. The van der Waals surface area contributed by atoms with Crippen molar-refractivity contribution in [1.29, 1.82) is 0 Å². The van der Waals surface area contributed by atoms with Gasteiger partial charge in [-0.2, -0.15) is 0 Å². The molecule has 5 heteroatoms. The largest absolute Gasteiger partial charge is 0.340 e. The first kappa shape index (κ1) is 22.8. The van der Waals surface area contributed by atoms with Crippen LogP contribution in [0.15, 0.2) is 48.8 Å². The van der Waals surface area contributed by atoms with Crippen LogP contribution in [0.1, 0.15) is 70.3 Å². The zero-order valence-electron chi connectivity index (χ0n) is 19.5. The lowest BCUT2D eigenvalue weighted by Gasteiger charge is -2.26. The van der Waals surface area contributed by atoms with Gasteiger partial charge in [-0.25, -0.2) is 9.97 Å². The molecule has 1 amide bonds. The van der Waals surface area contributed by atoms with Crippen molar-refractivity contribution in [3.63, 3.8) is 0 Å². The molecule has 0 bridgehead atoms. The number of carbonyl (C=O) groups is 1. The fourth-order valence-corrected chi connectivity index (χ4v) is 4.78. The maximum absolute atomic E-state index is 11.8. The summed E-state index contributed by atoms with van der Waals surface area (Å²) in [5.41, 5.74) is 3.86. The standard InChI is InChI=1S/C28H32N4O/c1-3-9-27(33)31-24-16-17-26-25(18-24)28(30-19-29-26)32-23-14-12-22(13-15-23)20(2)21-10-7-5-4-6-8-11-21/h12-21H,4-8,10-11H2,1-2H3,(H,31,33)(H,29,30,32). The van der Waals surface area contributed by atoms with Crippen molar-refractivity contribution in [3.8, 4) is 11.8 Å². The number of rotatable bonds is 5. The highest BCUT2D eigenvalue weighted by molar-refractivity contribution is 6.05. The van der Waals surface area contributed by atoms with Crippen LogP contribution in [0.2, 0.25) is 0 Å². The van der Waals surface area contributed by atoms with Crippen LogP contribution < -0.4 is 10.6 Å². The van der Waals surface area contributed by atoms with Crippen LogP contribution in [0.25, 0.3) is 10.9 Å². The Bertz CT molecular complexity index is 1150. The Morgan fingerprint density at radius 3 is 2.39 bits per heavy atom. The number of carbonyl (C=O) groups excluding carboxylic acids is 1. The van der Waals surface area contributed by atoms with Gasteiger partial charge in [-0.15, -0.1) is 0 Å². The second-order valence-corrected chi connectivity index (χ2v) is 8.92. The molecule has 1 aliphatic rings. The van der Waals surface area contributed by atoms with E-state index >= 15 is 0 Å². The maximum Gasteiger partial charge on any atom is 0.300 e. The average Bonchev–Trinajstić information content (AvgIpc) is 2.79. The minimum atomic E-state index is -0.336. The summed E-state index contributed by atoms with van der Waals surface area (Å²) in [6.07, 6.45) is 11.1. The molecule has 1 heterocycles. The number of fused-ring (bicyclic) bond motifs is 1. The monoisotopic (exact) mass is 440 g/mol. The predicted octanol–water partition coefficient (Wildman–Crippen LogP) is 6.80. The molecule has 4 rings (SSSR count). The van der Waals surface area contributed by atoms with Gasteiger partial charge >= 0.3 is 0 Å². The van der Waals surface area contributed by atoms with Gasteiger partial charge in [-0.1, -0.05) is 57.1 Å². The highest BCUT2D eigenvalue weighted by Gasteiger charge is 2.19. The number of aromatic nitrogens is 2. The van der Waals surface area contributed by atoms with E-state index in [-0.39, 0.29) is 5.91 Å². The topological polar surface area (TPSA) is 66.9 Å². The Kier molecular flexibility index (Phi) is 7.57. The second-order valence-electron chi connectivity index (χ2n) is 8.92. The van der Waals surface area contributed by atoms with Gasteiger partial charge in [-0.3, -0.25) is 4.79 Å². The third kappa shape index (κ3) is 5.90. The normalized spacial score (nSPS) is 15.6. The van der Waals surface area contributed by atoms with E-state index in [1.54, 1.807) is 13.3 Å². The molecule has 1 atom stereocenters. The van der Waals surface area contributed by atoms with Crippen molar-refractivity contribution in [1.82, 2.24) is 9.97 Å². The van der Waals surface area contributed by atoms with Gasteiger partial charge in [0.15, 0.2) is 0 Å². The van der Waals surface area contributed by atoms with Gasteiger partial charge in [0, 0.05) is 16.8 Å². The maximum atomic E-state index is 11.8. The smallest absolute Gasteiger partial charge is 0.300 e. The van der Waals surface area contributed by atoms with E-state index in [1.807, 2.05) is 18.2 Å². The minimum Gasteiger partial charge on any atom is -0.340 e. The summed E-state index contributed by atoms with van der Waals surface area (Å²) < 4.78 is 0. The molecule has 3 aromatic rings. The van der Waals surface area contributed by atoms with E-state index in [0.717, 1.165) is 22.5 Å². The Labute approximate surface area is 196 Å². The Morgan fingerprint density at radius 1 is 0.970 bits per heavy atom. The van der Waals surface area contributed by atoms with E-state index in [4.69, 9.17) is 0 Å². The molecular formula is C28H32N4O. The predicted molar refractivity (Wildman–Crippen MR) is 136 cm³/mol. The fraction of sp³-hybridized carbons (Fsp3) is 0.393. The molecule has 1 aromatic heterocycles. The number of anilines is 3. The lowest BCUT2D eigenvalue weighted by atomic mass is 9.79. The van der Waals surface area contributed by atoms with Crippen molar-refractivity contribution < 1.29 is 4.79 Å². The first-order valence-electron chi connectivity index (χ1n) is 12.0. The summed E-state index contributed by atoms with van der Waals surface area (Å²) in [5.74, 6) is 6.83. The molecule has 1 aliphatic carbocycles. The summed E-state index contributed by atoms with van der Waals surface area (Å²) in [6.45, 7) is 4.02. The minimum absolute atomic E-state index is 0.336. The highest BCUT2D eigenvalue weighted by Crippen LogP contribution is 2.35. The molecule has 170 valence electrons. The third-order valence-electron chi connectivity index (χ3n) is 6.69. The van der Waals surface area contributed by atoms with Crippen LogP contribution in [0.3, 0.4) is 0 Å². The van der Waals surface area contributed by atoms with E-state index in [9.17, 15) is 4.79 Å². The molecule has 5 nitrogen and oxygen atoms in total. The van der Waals surface area contributed by atoms with Crippen LogP contribution in [0.5, 0.6) is 0 Å². The van der Waals surface area contributed by atoms with E-state index in [1.165, 1.54) is 50.5 Å². The van der Waals surface area contributed by atoms with Gasteiger partial charge in [0.2, 0.25) is 0 Å². The highest BCUT2D eigenvalue weighted by atomic mass is 16.1. The third-order valence-corrected chi connectivity index (χ3v) is 6.69. The average molecular weight is 441 g/mol. The van der Waals surface area contributed by atoms with Crippen LogP contribution in [-0.2, 0) is 4.79 Å². The van der Waals surface area contributed by atoms with E-state index < -0.39 is 0 Å². The number of benzene rings is 2. The zero-order valence-corrected chi connectivity index (χ0v) is 19.5. The van der Waals surface area contributed by atoms with Gasteiger partial charge in [0.05, 0.1) is 5.52 Å². The van der Waals surface area contributed by atoms with Gasteiger partial charge in [0.25, 0.3) is 5.91 Å². The van der Waals surface area contributed by atoms with Crippen molar-refractivity contribution in [2.45, 2.75) is 64.7 Å². The molecule has 0 saturated heterocycles. The summed E-state index contributed by atoms with van der Waals surface area (Å²) in [7, 11) is 0. The molecule has 0 radical (unpaired) electrons. The van der Waals surface area contributed by atoms with Gasteiger partial charge < -0.3 is 10.6 Å². The number of amides is 1. The Hall–Kier alpha value is -3.39. The molecule has 1 fully saturated rings. The van der Waals surface area contributed by atoms with Crippen molar-refractivity contribution in [2.24, 2.45) is 5.92 Å². The molecule has 33 heavy (non-hydrogen) atoms. The van der Waals surface area contributed by atoms with Crippen LogP contribution in [0, 0.1) is 17.8 Å². The lowest BCUT2D eigenvalue weighted by molar-refractivity contribution is -0.111. The van der Waals surface area contributed by atoms with Crippen molar-refractivity contribution >= 4 is 34.0 Å². The lowest BCUT2D eigenvalue weighted by Crippen LogP contribution is -2.12. The quantitative estimate of drug-likeness (QED) is 0.428. The molecule has 2 aromatic carbocycles. The van der Waals surface area contributed by atoms with Crippen molar-refractivity contribution in [2.75, 3.05) is 10.6 Å². The zero-order chi connectivity index (χ0) is 23.0. The van der Waals surface area contributed by atoms with Crippen LogP contribution >= 0.6 is 0 Å². The molecule has 0 spiro atoms. The Balaban J connectivity index is 1.50. The fourth-order valence-electron chi connectivity index (χ4n) is 4.78. The first-order chi connectivity index (χ1) is 16.1. The van der Waals surface area contributed by atoms with Crippen molar-refractivity contribution in [3.05, 3.63) is 54.4 Å². The number of nitrogens with one attached hydrogen (secondary N) is 2. The van der Waals surface area contributed by atoms with E-state index in [2.05, 4.69) is 63.6 Å². The summed E-state index contributed by atoms with van der Waals surface area (Å²) >= 11 is 0.